The van der Waals surface area contributed by atoms with Gasteiger partial charge in [-0.3, -0.25) is 0 Å². The summed E-state index contributed by atoms with van der Waals surface area (Å²) in [6, 6.07) is 0. The van der Waals surface area contributed by atoms with Crippen LogP contribution in [-0.4, -0.2) is 13.1 Å². The van der Waals surface area contributed by atoms with Gasteiger partial charge in [-0.1, -0.05) is 101 Å². The van der Waals surface area contributed by atoms with Gasteiger partial charge in [0.1, 0.15) is 0 Å². The van der Waals surface area contributed by atoms with Crippen LogP contribution in [0.15, 0.2) is 0 Å². The van der Waals surface area contributed by atoms with Gasteiger partial charge in [-0.05, 0) is 13.1 Å². The number of nitrogens with two attached hydrogens (primary N) is 2. The first-order valence-corrected chi connectivity index (χ1v) is 3.64. The van der Waals surface area contributed by atoms with Gasteiger partial charge < -0.3 is 11.5 Å². The van der Waals surface area contributed by atoms with E-state index in [2.05, 4.69) is 13.8 Å². The van der Waals surface area contributed by atoms with Crippen LogP contribution in [0.1, 0.15) is 101 Å². The molecule has 0 aliphatic heterocycles. The summed E-state index contributed by atoms with van der Waals surface area (Å²) < 4.78 is 0. The first kappa shape index (κ1) is 146. The Hall–Kier alpha value is -0.0800. The van der Waals surface area contributed by atoms with Crippen LogP contribution < -0.4 is 11.5 Å². The van der Waals surface area contributed by atoms with E-state index < -0.39 is 0 Å². The Labute approximate surface area is 126 Å². The lowest BCUT2D eigenvalue weighted by Crippen LogP contribution is -1.87. The van der Waals surface area contributed by atoms with Crippen molar-refractivity contribution >= 4 is 0 Å². The van der Waals surface area contributed by atoms with E-state index in [9.17, 15) is 0 Å². The minimum Gasteiger partial charge on any atom is -0.331 e. The first-order chi connectivity index (χ1) is 4.24. The molecule has 0 bridgehead atoms. The highest BCUT2D eigenvalue weighted by atomic mass is 14.5. The van der Waals surface area contributed by atoms with Crippen LogP contribution in [0.3, 0.4) is 0 Å². The summed E-state index contributed by atoms with van der Waals surface area (Å²) in [6.07, 6.45) is 1.25. The largest absolute Gasteiger partial charge is 0.331 e. The SMILES string of the molecule is C.C.C.C.C.C.C.C.C.CCC.CCN.CCN. The van der Waals surface area contributed by atoms with Gasteiger partial charge in [0.05, 0.1) is 0 Å². The standard InChI is InChI=1S/C3H8.2C2H7N.9CH4/c1-3-2;2*1-2-3;;;;;;;;;/h3H2,1-2H3;2*2-3H2,1H3;9*1H4. The molecule has 18 heavy (non-hydrogen) atoms. The van der Waals surface area contributed by atoms with E-state index >= 15 is 0 Å². The molecule has 0 heterocycles. The molecular formula is C16H58N2. The smallest absolute Gasteiger partial charge is 0.0106 e. The maximum atomic E-state index is 4.85. The molecule has 0 aromatic heterocycles. The molecule has 2 nitrogen and oxygen atoms in total. The third-order valence-electron chi connectivity index (χ3n) is 0. The zero-order valence-corrected chi connectivity index (χ0v) is 7.28. The Balaban J connectivity index is -0.00000000240. The van der Waals surface area contributed by atoms with Crippen LogP contribution in [0.25, 0.3) is 0 Å². The fourth-order valence-electron chi connectivity index (χ4n) is 0. The van der Waals surface area contributed by atoms with Gasteiger partial charge in [0.15, 0.2) is 0 Å². The second kappa shape index (κ2) is 503. The van der Waals surface area contributed by atoms with Crippen LogP contribution in [0.5, 0.6) is 0 Å². The van der Waals surface area contributed by atoms with Crippen molar-refractivity contribution in [2.45, 2.75) is 101 Å². The van der Waals surface area contributed by atoms with Crippen molar-refractivity contribution in [3.8, 4) is 0 Å². The van der Waals surface area contributed by atoms with E-state index in [1.54, 1.807) is 0 Å². The van der Waals surface area contributed by atoms with Crippen LogP contribution in [0.4, 0.5) is 0 Å². The van der Waals surface area contributed by atoms with Gasteiger partial charge in [-0.25, -0.2) is 0 Å². The van der Waals surface area contributed by atoms with E-state index in [0.717, 1.165) is 13.1 Å². The molecule has 0 radical (unpaired) electrons. The normalized spacial score (nSPS) is 3.00. The van der Waals surface area contributed by atoms with Crippen molar-refractivity contribution < 1.29 is 0 Å². The fourth-order valence-corrected chi connectivity index (χ4v) is 0. The summed E-state index contributed by atoms with van der Waals surface area (Å²) in [7, 11) is 0. The first-order valence-electron chi connectivity index (χ1n) is 3.64. The second-order valence-electron chi connectivity index (χ2n) is 1.52. The highest BCUT2D eigenvalue weighted by Gasteiger charge is 1.35. The summed E-state index contributed by atoms with van der Waals surface area (Å²) in [5.41, 5.74) is 9.69. The molecule has 0 saturated carbocycles. The Morgan fingerprint density at radius 3 is 0.444 bits per heavy atom. The molecule has 0 amide bonds. The molecule has 0 rings (SSSR count). The predicted molar refractivity (Wildman–Crippen MR) is 106 cm³/mol. The van der Waals surface area contributed by atoms with E-state index in [-0.39, 0.29) is 66.8 Å². The predicted octanol–water partition coefficient (Wildman–Crippen LogP) is 7.07. The third-order valence-corrected chi connectivity index (χ3v) is 0. The highest BCUT2D eigenvalue weighted by molar-refractivity contribution is 4.00. The molecule has 0 aliphatic carbocycles. The van der Waals surface area contributed by atoms with Crippen LogP contribution in [0, 0.1) is 0 Å². The Morgan fingerprint density at radius 1 is 0.444 bits per heavy atom. The summed E-state index contributed by atoms with van der Waals surface area (Å²) in [6.45, 7) is 9.56. The van der Waals surface area contributed by atoms with Gasteiger partial charge in [0.25, 0.3) is 0 Å². The topological polar surface area (TPSA) is 52.0 Å². The van der Waals surface area contributed by atoms with Crippen molar-refractivity contribution in [2.24, 2.45) is 11.5 Å². The summed E-state index contributed by atoms with van der Waals surface area (Å²) >= 11 is 0. The average Bonchev–Trinajstić information content (AvgIpc) is 1.70. The molecule has 0 aliphatic rings. The van der Waals surface area contributed by atoms with Crippen molar-refractivity contribution in [2.75, 3.05) is 13.1 Å². The molecule has 0 aromatic rings. The monoisotopic (exact) mass is 278 g/mol. The van der Waals surface area contributed by atoms with Crippen LogP contribution >= 0.6 is 0 Å². The van der Waals surface area contributed by atoms with E-state index in [4.69, 9.17) is 11.5 Å². The van der Waals surface area contributed by atoms with Crippen LogP contribution in [0.2, 0.25) is 0 Å². The van der Waals surface area contributed by atoms with Gasteiger partial charge >= 0.3 is 0 Å². The van der Waals surface area contributed by atoms with Crippen molar-refractivity contribution in [1.29, 1.82) is 0 Å². The van der Waals surface area contributed by atoms with Crippen molar-refractivity contribution in [3.63, 3.8) is 0 Å². The molecule has 0 unspecified atom stereocenters. The van der Waals surface area contributed by atoms with Gasteiger partial charge in [0, 0.05) is 0 Å². The minimum absolute atomic E-state index is 0. The molecule has 0 saturated heterocycles. The van der Waals surface area contributed by atoms with E-state index in [1.807, 2.05) is 13.8 Å². The van der Waals surface area contributed by atoms with Crippen LogP contribution in [-0.2, 0) is 0 Å². The second-order valence-corrected chi connectivity index (χ2v) is 1.52. The molecule has 0 aromatic carbocycles. The zero-order valence-electron chi connectivity index (χ0n) is 7.28. The van der Waals surface area contributed by atoms with Crippen molar-refractivity contribution in [3.05, 3.63) is 0 Å². The maximum absolute atomic E-state index is 4.85. The third kappa shape index (κ3) is 554000. The van der Waals surface area contributed by atoms with E-state index in [1.165, 1.54) is 6.42 Å². The number of hydrogen-bond donors (Lipinski definition) is 2. The molecule has 4 N–H and O–H groups in total. The van der Waals surface area contributed by atoms with Gasteiger partial charge in [-0.15, -0.1) is 0 Å². The lowest BCUT2D eigenvalue weighted by Gasteiger charge is -1.53. The molecule has 0 spiro atoms. The lowest BCUT2D eigenvalue weighted by atomic mass is 10.6. The van der Waals surface area contributed by atoms with E-state index in [0.29, 0.717) is 0 Å². The van der Waals surface area contributed by atoms with Gasteiger partial charge in [0.2, 0.25) is 0 Å². The minimum atomic E-state index is 0. The highest BCUT2D eigenvalue weighted by Crippen LogP contribution is 1.56. The van der Waals surface area contributed by atoms with Crippen molar-refractivity contribution in [1.82, 2.24) is 0 Å². The Bertz CT molecular complexity index is 13.8. The molecule has 0 fully saturated rings. The Kier molecular flexibility index (Phi) is 4090. The number of rotatable bonds is 0. The summed E-state index contributed by atoms with van der Waals surface area (Å²) in [5.74, 6) is 0. The lowest BCUT2D eigenvalue weighted by molar-refractivity contribution is 1.09. The average molecular weight is 279 g/mol. The molecule has 0 atom stereocenters. The quantitative estimate of drug-likeness (QED) is 0.498. The molecule has 2 heteroatoms. The zero-order chi connectivity index (χ0) is 8.12. The molecule has 132 valence electrons. The summed E-state index contributed by atoms with van der Waals surface area (Å²) in [5, 5.41) is 0. The number of hydrogen-bond acceptors (Lipinski definition) is 2. The summed E-state index contributed by atoms with van der Waals surface area (Å²) in [4.78, 5) is 0. The Morgan fingerprint density at radius 2 is 0.444 bits per heavy atom. The molecular weight excluding hydrogens is 220 g/mol. The maximum Gasteiger partial charge on any atom is -0.0106 e. The fraction of sp³-hybridized carbons (Fsp3) is 1.00. The van der Waals surface area contributed by atoms with Gasteiger partial charge in [-0.2, -0.15) is 0 Å².